The number of phenolic OH excluding ortho intramolecular Hbond substituents is 1. The van der Waals surface area contributed by atoms with Gasteiger partial charge in [-0.1, -0.05) is 23.7 Å². The summed E-state index contributed by atoms with van der Waals surface area (Å²) < 4.78 is 19.4. The van der Waals surface area contributed by atoms with E-state index >= 15 is 0 Å². The van der Waals surface area contributed by atoms with Gasteiger partial charge in [0.25, 0.3) is 11.7 Å². The van der Waals surface area contributed by atoms with Gasteiger partial charge in [-0.15, -0.1) is 0 Å². The van der Waals surface area contributed by atoms with Gasteiger partial charge >= 0.3 is 0 Å². The van der Waals surface area contributed by atoms with E-state index in [0.29, 0.717) is 21.8 Å². The molecule has 0 bridgehead atoms. The van der Waals surface area contributed by atoms with Crippen LogP contribution in [-0.4, -0.2) is 28.5 Å². The highest BCUT2D eigenvalue weighted by atomic mass is 35.5. The Morgan fingerprint density at radius 2 is 1.86 bits per heavy atom. The zero-order valence-corrected chi connectivity index (χ0v) is 20.1. The van der Waals surface area contributed by atoms with Crippen LogP contribution in [0.3, 0.4) is 0 Å². The fourth-order valence-electron chi connectivity index (χ4n) is 4.17. The number of nitrogens with zero attached hydrogens (tertiary/aromatic N) is 1. The number of aliphatic hydroxyl groups excluding tert-OH is 1. The summed E-state index contributed by atoms with van der Waals surface area (Å²) in [6, 6.07) is 12.3. The second-order valence-electron chi connectivity index (χ2n) is 8.18. The summed E-state index contributed by atoms with van der Waals surface area (Å²) in [6.45, 7) is 5.29. The summed E-state index contributed by atoms with van der Waals surface area (Å²) in [6.07, 6.45) is 0. The smallest absolute Gasteiger partial charge is 0.300 e. The Bertz CT molecular complexity index is 1380. The van der Waals surface area contributed by atoms with E-state index in [1.54, 1.807) is 38.1 Å². The van der Waals surface area contributed by atoms with Gasteiger partial charge in [0.1, 0.15) is 11.6 Å². The number of hydrogen-bond acceptors (Lipinski definition) is 5. The maximum atomic E-state index is 13.9. The number of phenols is 1. The second kappa shape index (κ2) is 9.43. The zero-order chi connectivity index (χ0) is 25.4. The molecule has 0 spiro atoms. The van der Waals surface area contributed by atoms with E-state index in [1.807, 2.05) is 0 Å². The Hall–Kier alpha value is -3.84. The summed E-state index contributed by atoms with van der Waals surface area (Å²) in [4.78, 5) is 27.9. The van der Waals surface area contributed by atoms with Gasteiger partial charge in [-0.3, -0.25) is 14.5 Å². The molecular formula is C27H23ClFNO5. The third kappa shape index (κ3) is 4.23. The fourth-order valence-corrected chi connectivity index (χ4v) is 4.34. The van der Waals surface area contributed by atoms with Crippen molar-refractivity contribution in [2.45, 2.75) is 26.8 Å². The molecule has 4 rings (SSSR count). The minimum Gasteiger partial charge on any atom is -0.507 e. The number of hydrogen-bond donors (Lipinski definition) is 2. The largest absolute Gasteiger partial charge is 0.507 e. The molecule has 1 unspecified atom stereocenters. The average Bonchev–Trinajstić information content (AvgIpc) is 3.09. The van der Waals surface area contributed by atoms with E-state index in [0.717, 1.165) is 0 Å². The Labute approximate surface area is 206 Å². The molecule has 0 aliphatic carbocycles. The van der Waals surface area contributed by atoms with Crippen LogP contribution in [0.2, 0.25) is 5.02 Å². The number of carbonyl (C=O) groups excluding carboxylic acids is 2. The number of rotatable bonds is 5. The van der Waals surface area contributed by atoms with Crippen molar-refractivity contribution in [2.24, 2.45) is 0 Å². The SMILES string of the molecule is CCOc1cc(C2/C(=C(\O)c3ccc(F)c(C)c3)C(=O)C(=O)N2c2cccc(Cl)c2C)ccc1O. The second-order valence-corrected chi connectivity index (χ2v) is 8.58. The first-order chi connectivity index (χ1) is 16.6. The lowest BCUT2D eigenvalue weighted by molar-refractivity contribution is -0.132. The van der Waals surface area contributed by atoms with Crippen LogP contribution in [0.1, 0.15) is 35.2 Å². The van der Waals surface area contributed by atoms with E-state index in [2.05, 4.69) is 0 Å². The molecule has 0 saturated carbocycles. The van der Waals surface area contributed by atoms with Gasteiger partial charge in [0.05, 0.1) is 18.2 Å². The number of halogens is 2. The number of amides is 1. The van der Waals surface area contributed by atoms with E-state index in [1.165, 1.54) is 42.2 Å². The molecule has 1 atom stereocenters. The van der Waals surface area contributed by atoms with Crippen LogP contribution >= 0.6 is 11.6 Å². The van der Waals surface area contributed by atoms with Gasteiger partial charge in [0, 0.05) is 16.3 Å². The Morgan fingerprint density at radius 3 is 2.54 bits per heavy atom. The topological polar surface area (TPSA) is 87.1 Å². The number of Topliss-reactive ketones (excluding diaryl/α,β-unsaturated/α-hetero) is 1. The zero-order valence-electron chi connectivity index (χ0n) is 19.3. The summed E-state index contributed by atoms with van der Waals surface area (Å²) in [5.74, 6) is -2.61. The summed E-state index contributed by atoms with van der Waals surface area (Å²) in [5.41, 5.74) is 1.68. The molecule has 2 N–H and O–H groups in total. The number of aryl methyl sites for hydroxylation is 1. The van der Waals surface area contributed by atoms with Crippen molar-refractivity contribution in [1.82, 2.24) is 0 Å². The Kier molecular flexibility index (Phi) is 6.54. The lowest BCUT2D eigenvalue weighted by atomic mass is 9.94. The third-order valence-electron chi connectivity index (χ3n) is 5.97. The van der Waals surface area contributed by atoms with Gasteiger partial charge in [-0.2, -0.15) is 0 Å². The van der Waals surface area contributed by atoms with Crippen molar-refractivity contribution in [1.29, 1.82) is 0 Å². The lowest BCUT2D eigenvalue weighted by Gasteiger charge is -2.27. The van der Waals surface area contributed by atoms with Crippen molar-refractivity contribution in [3.8, 4) is 11.5 Å². The van der Waals surface area contributed by atoms with Crippen LogP contribution in [0.4, 0.5) is 10.1 Å². The van der Waals surface area contributed by atoms with Crippen molar-refractivity contribution in [3.05, 3.63) is 93.3 Å². The number of aliphatic hydroxyl groups is 1. The van der Waals surface area contributed by atoms with Gasteiger partial charge in [0.15, 0.2) is 11.5 Å². The van der Waals surface area contributed by atoms with E-state index in [9.17, 15) is 24.2 Å². The maximum Gasteiger partial charge on any atom is 0.300 e. The molecule has 6 nitrogen and oxygen atoms in total. The van der Waals surface area contributed by atoms with E-state index in [-0.39, 0.29) is 34.8 Å². The molecule has 3 aromatic rings. The highest BCUT2D eigenvalue weighted by Crippen LogP contribution is 2.45. The van der Waals surface area contributed by atoms with Crippen LogP contribution in [0.25, 0.3) is 5.76 Å². The predicted molar refractivity (Wildman–Crippen MR) is 131 cm³/mol. The summed E-state index contributed by atoms with van der Waals surface area (Å²) >= 11 is 6.31. The molecular weight excluding hydrogens is 473 g/mol. The standard InChI is InChI=1S/C27H23ClFNO5/c1-4-35-22-13-16(9-11-21(22)31)24-23(25(32)17-8-10-19(29)14(2)12-17)26(33)27(34)30(24)20-7-5-6-18(28)15(20)3/h5-13,24,31-32H,4H2,1-3H3/b25-23+. The number of aromatic hydroxyl groups is 1. The quantitative estimate of drug-likeness (QED) is 0.264. The van der Waals surface area contributed by atoms with Crippen LogP contribution in [0, 0.1) is 19.7 Å². The predicted octanol–water partition coefficient (Wildman–Crippen LogP) is 5.83. The minimum atomic E-state index is -1.06. The van der Waals surface area contributed by atoms with Crippen molar-refractivity contribution in [3.63, 3.8) is 0 Å². The van der Waals surface area contributed by atoms with E-state index < -0.39 is 29.3 Å². The molecule has 1 saturated heterocycles. The average molecular weight is 496 g/mol. The van der Waals surface area contributed by atoms with Crippen LogP contribution in [0.5, 0.6) is 11.5 Å². The Balaban J connectivity index is 2.00. The molecule has 1 amide bonds. The molecule has 8 heteroatoms. The maximum absolute atomic E-state index is 13.9. The first kappa shape index (κ1) is 24.3. The van der Waals surface area contributed by atoms with Crippen molar-refractivity contribution in [2.75, 3.05) is 11.5 Å². The van der Waals surface area contributed by atoms with Crippen LogP contribution < -0.4 is 9.64 Å². The number of carbonyl (C=O) groups is 2. The molecule has 35 heavy (non-hydrogen) atoms. The molecule has 1 fully saturated rings. The number of benzene rings is 3. The fraction of sp³-hybridized carbons (Fsp3) is 0.185. The molecule has 180 valence electrons. The third-order valence-corrected chi connectivity index (χ3v) is 6.38. The number of ether oxygens (including phenoxy) is 1. The highest BCUT2D eigenvalue weighted by Gasteiger charge is 2.47. The first-order valence-electron chi connectivity index (χ1n) is 10.9. The molecule has 1 aliphatic rings. The van der Waals surface area contributed by atoms with E-state index in [4.69, 9.17) is 16.3 Å². The van der Waals surface area contributed by atoms with Gasteiger partial charge in [-0.05, 0) is 79.9 Å². The van der Waals surface area contributed by atoms with Gasteiger partial charge in [-0.25, -0.2) is 4.39 Å². The van der Waals surface area contributed by atoms with Gasteiger partial charge < -0.3 is 14.9 Å². The number of anilines is 1. The first-order valence-corrected chi connectivity index (χ1v) is 11.3. The summed E-state index contributed by atoms with van der Waals surface area (Å²) in [7, 11) is 0. The highest BCUT2D eigenvalue weighted by molar-refractivity contribution is 6.52. The molecule has 0 aromatic heterocycles. The van der Waals surface area contributed by atoms with Crippen molar-refractivity contribution < 1.29 is 28.9 Å². The van der Waals surface area contributed by atoms with Gasteiger partial charge in [0.2, 0.25) is 0 Å². The number of ketones is 1. The Morgan fingerprint density at radius 1 is 1.11 bits per heavy atom. The van der Waals surface area contributed by atoms with Crippen molar-refractivity contribution >= 4 is 34.7 Å². The molecule has 1 heterocycles. The summed E-state index contributed by atoms with van der Waals surface area (Å²) in [5, 5.41) is 21.8. The molecule has 0 radical (unpaired) electrons. The minimum absolute atomic E-state index is 0.111. The van der Waals surface area contributed by atoms with Crippen LogP contribution in [-0.2, 0) is 9.59 Å². The normalized spacial score (nSPS) is 17.2. The monoisotopic (exact) mass is 495 g/mol. The lowest BCUT2D eigenvalue weighted by Crippen LogP contribution is -2.30. The molecule has 1 aliphatic heterocycles. The van der Waals surface area contributed by atoms with Crippen LogP contribution in [0.15, 0.2) is 60.2 Å². The molecule has 3 aromatic carbocycles.